The molecule has 3 unspecified atom stereocenters. The van der Waals surface area contributed by atoms with Crippen molar-refractivity contribution in [2.45, 2.75) is 50.7 Å². The summed E-state index contributed by atoms with van der Waals surface area (Å²) in [7, 11) is -4.64. The topological polar surface area (TPSA) is 140 Å². The van der Waals surface area contributed by atoms with Crippen LogP contribution in [0.1, 0.15) is 30.9 Å². The van der Waals surface area contributed by atoms with E-state index in [4.69, 9.17) is 14.0 Å². The van der Waals surface area contributed by atoms with Crippen molar-refractivity contribution in [3.05, 3.63) is 71.8 Å². The van der Waals surface area contributed by atoms with Crippen LogP contribution in [0.4, 0.5) is 4.79 Å². The van der Waals surface area contributed by atoms with E-state index in [2.05, 4.69) is 10.6 Å². The molecule has 1 heterocycles. The second-order valence-electron chi connectivity index (χ2n) is 8.11. The van der Waals surface area contributed by atoms with Gasteiger partial charge in [0.05, 0.1) is 0 Å². The molecule has 1 fully saturated rings. The minimum atomic E-state index is -4.64. The number of rotatable bonds is 10. The van der Waals surface area contributed by atoms with Gasteiger partial charge in [-0.2, -0.15) is 0 Å². The summed E-state index contributed by atoms with van der Waals surface area (Å²) in [5, 5.41) is 5.28. The Hall–Kier alpha value is -3.04. The number of ether oxygens (including phenoxy) is 2. The number of hydrogen-bond acceptors (Lipinski definition) is 8. The Morgan fingerprint density at radius 1 is 1.09 bits per heavy atom. The fourth-order valence-electron chi connectivity index (χ4n) is 3.47. The van der Waals surface area contributed by atoms with Gasteiger partial charge in [-0.25, -0.2) is 14.4 Å². The molecule has 2 aromatic carbocycles. The summed E-state index contributed by atoms with van der Waals surface area (Å²) in [5.41, 5.74) is 1.39. The lowest BCUT2D eigenvalue weighted by Crippen LogP contribution is -2.39. The highest BCUT2D eigenvalue weighted by Crippen LogP contribution is 2.49. The number of benzene rings is 2. The van der Waals surface area contributed by atoms with Gasteiger partial charge in [0.1, 0.15) is 18.4 Å². The summed E-state index contributed by atoms with van der Waals surface area (Å²) in [4.78, 5) is 47.5. The number of esters is 2. The first kappa shape index (κ1) is 26.6. The van der Waals surface area contributed by atoms with Gasteiger partial charge in [-0.15, -0.1) is 0 Å². The fourth-order valence-corrected chi connectivity index (χ4v) is 4.86. The van der Waals surface area contributed by atoms with Crippen LogP contribution >= 0.6 is 7.60 Å². The predicted octanol–water partition coefficient (Wildman–Crippen LogP) is 2.89. The highest BCUT2D eigenvalue weighted by Gasteiger charge is 2.39. The average Bonchev–Trinajstić information content (AvgIpc) is 3.39. The van der Waals surface area contributed by atoms with Gasteiger partial charge < -0.3 is 25.0 Å². The highest BCUT2D eigenvalue weighted by atomic mass is 31.2. The van der Waals surface area contributed by atoms with Crippen molar-refractivity contribution in [3.63, 3.8) is 0 Å². The van der Waals surface area contributed by atoms with E-state index in [1.165, 1.54) is 6.92 Å². The van der Waals surface area contributed by atoms with Gasteiger partial charge in [0.15, 0.2) is 6.10 Å². The van der Waals surface area contributed by atoms with E-state index in [-0.39, 0.29) is 13.0 Å². The first-order chi connectivity index (χ1) is 16.7. The molecule has 0 radical (unpaired) electrons. The maximum Gasteiger partial charge on any atom is 0.408 e. The maximum atomic E-state index is 13.1. The second kappa shape index (κ2) is 12.6. The van der Waals surface area contributed by atoms with Gasteiger partial charge in [-0.05, 0) is 37.4 Å². The Bertz CT molecular complexity index is 1040. The molecule has 1 aliphatic rings. The largest absolute Gasteiger partial charge is 0.445 e. The molecule has 1 amide bonds. The lowest BCUT2D eigenvalue weighted by atomic mass is 10.1. The van der Waals surface area contributed by atoms with Crippen molar-refractivity contribution >= 4 is 25.6 Å². The predicted molar refractivity (Wildman–Crippen MR) is 126 cm³/mol. The zero-order chi connectivity index (χ0) is 25.3. The van der Waals surface area contributed by atoms with Gasteiger partial charge in [0.2, 0.25) is 0 Å². The quantitative estimate of drug-likeness (QED) is 0.253. The molecule has 11 heteroatoms. The lowest BCUT2D eigenvalue weighted by molar-refractivity contribution is -0.165. The van der Waals surface area contributed by atoms with E-state index in [0.717, 1.165) is 12.0 Å². The summed E-state index contributed by atoms with van der Waals surface area (Å²) in [6.45, 7) is 1.80. The molecular formula is C24H29N2O8P. The first-order valence-electron chi connectivity index (χ1n) is 11.3. The van der Waals surface area contributed by atoms with Crippen LogP contribution in [0, 0.1) is 0 Å². The molecule has 3 N–H and O–H groups in total. The molecule has 2 aromatic rings. The number of alkyl carbamates (subject to hydrolysis) is 1. The number of carbonyl (C=O) groups is 3. The minimum Gasteiger partial charge on any atom is -0.445 e. The summed E-state index contributed by atoms with van der Waals surface area (Å²) in [5.74, 6) is -3.28. The van der Waals surface area contributed by atoms with Crippen molar-refractivity contribution in [1.29, 1.82) is 0 Å². The minimum absolute atomic E-state index is 0.0403. The van der Waals surface area contributed by atoms with Crippen LogP contribution in [0.25, 0.3) is 0 Å². The second-order valence-corrected chi connectivity index (χ2v) is 10.1. The molecule has 1 saturated heterocycles. The molecule has 10 nitrogen and oxygen atoms in total. The number of amides is 1. The molecule has 1 aliphatic heterocycles. The Labute approximate surface area is 203 Å². The molecule has 4 atom stereocenters. The number of nitrogens with one attached hydrogen (secondary N) is 2. The van der Waals surface area contributed by atoms with E-state index in [1.807, 2.05) is 6.07 Å². The van der Waals surface area contributed by atoms with Crippen molar-refractivity contribution < 1.29 is 37.8 Å². The third-order valence-corrected chi connectivity index (χ3v) is 7.07. The molecule has 0 saturated carbocycles. The Balaban J connectivity index is 1.64. The van der Waals surface area contributed by atoms with Crippen LogP contribution in [-0.4, -0.2) is 47.4 Å². The summed E-state index contributed by atoms with van der Waals surface area (Å²) in [6, 6.07) is 17.0. The Morgan fingerprint density at radius 2 is 1.71 bits per heavy atom. The fraction of sp³-hybridized carbons (Fsp3) is 0.375. The van der Waals surface area contributed by atoms with Crippen LogP contribution in [0.3, 0.4) is 0 Å². The molecule has 0 spiro atoms. The summed E-state index contributed by atoms with van der Waals surface area (Å²) >= 11 is 0. The van der Waals surface area contributed by atoms with Gasteiger partial charge in [0.25, 0.3) is 0 Å². The molecule has 0 aliphatic carbocycles. The normalized spacial score (nSPS) is 18.6. The van der Waals surface area contributed by atoms with Crippen LogP contribution in [0.15, 0.2) is 60.7 Å². The number of carbonyl (C=O) groups excluding carboxylic acids is 3. The average molecular weight is 504 g/mol. The van der Waals surface area contributed by atoms with E-state index in [0.29, 0.717) is 18.5 Å². The first-order valence-corrected chi connectivity index (χ1v) is 12.9. The van der Waals surface area contributed by atoms with Crippen molar-refractivity contribution in [2.75, 3.05) is 6.54 Å². The van der Waals surface area contributed by atoms with Gasteiger partial charge in [-0.1, -0.05) is 60.7 Å². The van der Waals surface area contributed by atoms with Crippen LogP contribution < -0.4 is 10.6 Å². The van der Waals surface area contributed by atoms with E-state index in [1.54, 1.807) is 54.6 Å². The Morgan fingerprint density at radius 3 is 2.31 bits per heavy atom. The van der Waals surface area contributed by atoms with Crippen LogP contribution in [0.5, 0.6) is 0 Å². The van der Waals surface area contributed by atoms with Crippen LogP contribution in [-0.2, 0) is 41.2 Å². The lowest BCUT2D eigenvalue weighted by Gasteiger charge is -2.25. The van der Waals surface area contributed by atoms with Crippen molar-refractivity contribution in [2.24, 2.45) is 0 Å². The third-order valence-electron chi connectivity index (χ3n) is 5.35. The molecule has 0 bridgehead atoms. The Kier molecular flexibility index (Phi) is 9.56. The monoisotopic (exact) mass is 504 g/mol. The summed E-state index contributed by atoms with van der Waals surface area (Å²) < 4.78 is 28.3. The molecule has 35 heavy (non-hydrogen) atoms. The molecule has 3 rings (SSSR count). The summed E-state index contributed by atoms with van der Waals surface area (Å²) in [6.07, 6.45) is -1.21. The maximum absolute atomic E-state index is 13.1. The smallest absolute Gasteiger partial charge is 0.408 e. The van der Waals surface area contributed by atoms with E-state index < -0.39 is 43.6 Å². The van der Waals surface area contributed by atoms with Gasteiger partial charge in [-0.3, -0.25) is 9.09 Å². The number of hydrogen-bond donors (Lipinski definition) is 3. The van der Waals surface area contributed by atoms with Gasteiger partial charge in [0, 0.05) is 6.42 Å². The van der Waals surface area contributed by atoms with E-state index in [9.17, 15) is 23.8 Å². The standard InChI is InChI=1S/C24H29N2O8P/c1-17(22(27)33-23(28)20-13-8-14-25-20)34-35(30,31)21(15-18-9-4-2-5-10-18)26-24(29)32-16-19-11-6-3-7-12-19/h2-7,9-12,17,20-21,25H,8,13-16H2,1H3,(H,26,29)(H,30,31)/t17?,20-,21?/m0/s1. The highest BCUT2D eigenvalue weighted by molar-refractivity contribution is 7.53. The molecular weight excluding hydrogens is 475 g/mol. The third kappa shape index (κ3) is 8.29. The zero-order valence-electron chi connectivity index (χ0n) is 19.3. The molecule has 0 aromatic heterocycles. The van der Waals surface area contributed by atoms with E-state index >= 15 is 0 Å². The zero-order valence-corrected chi connectivity index (χ0v) is 20.2. The molecule has 188 valence electrons. The van der Waals surface area contributed by atoms with Crippen LogP contribution in [0.2, 0.25) is 0 Å². The van der Waals surface area contributed by atoms with Crippen molar-refractivity contribution in [3.8, 4) is 0 Å². The van der Waals surface area contributed by atoms with Gasteiger partial charge >= 0.3 is 25.6 Å². The van der Waals surface area contributed by atoms with Crippen molar-refractivity contribution in [1.82, 2.24) is 10.6 Å². The SMILES string of the molecule is CC(OP(=O)(O)C(Cc1ccccc1)NC(=O)OCc1ccccc1)C(=O)OC(=O)[C@@H]1CCCN1.